The molecule has 0 fully saturated rings. The van der Waals surface area contributed by atoms with Gasteiger partial charge in [-0.15, -0.1) is 0 Å². The third-order valence-corrected chi connectivity index (χ3v) is 4.57. The highest BCUT2D eigenvalue weighted by Gasteiger charge is 2.21. The molecule has 0 aliphatic heterocycles. The van der Waals surface area contributed by atoms with E-state index in [1.165, 1.54) is 0 Å². The van der Waals surface area contributed by atoms with Crippen molar-refractivity contribution in [2.45, 2.75) is 19.9 Å². The number of aromatic nitrogens is 2. The predicted molar refractivity (Wildman–Crippen MR) is 86.5 cm³/mol. The van der Waals surface area contributed by atoms with Crippen molar-refractivity contribution in [1.29, 1.82) is 0 Å². The van der Waals surface area contributed by atoms with Crippen LogP contribution in [0.2, 0.25) is 5.02 Å². The molecule has 0 unspecified atom stereocenters. The molecule has 0 saturated carbocycles. The van der Waals surface area contributed by atoms with E-state index in [2.05, 4.69) is 15.3 Å². The predicted octanol–water partition coefficient (Wildman–Crippen LogP) is 2.07. The Labute approximate surface area is 134 Å². The molecule has 120 valence electrons. The molecule has 22 heavy (non-hydrogen) atoms. The van der Waals surface area contributed by atoms with Crippen molar-refractivity contribution in [3.05, 3.63) is 29.0 Å². The average Bonchev–Trinajstić information content (AvgIpc) is 2.79. The summed E-state index contributed by atoms with van der Waals surface area (Å²) in [5.41, 5.74) is 1.54. The van der Waals surface area contributed by atoms with Gasteiger partial charge >= 0.3 is 0 Å². The Balaban J connectivity index is 2.10. The number of hydrogen-bond donors (Lipinski definition) is 2. The fourth-order valence-corrected chi connectivity index (χ4v) is 3.39. The highest BCUT2D eigenvalue weighted by atomic mass is 35.5. The second kappa shape index (κ2) is 6.26. The highest BCUT2D eigenvalue weighted by Crippen LogP contribution is 2.20. The number of nitrogens with one attached hydrogen (secondary N) is 2. The molecule has 8 heteroatoms. The van der Waals surface area contributed by atoms with Crippen molar-refractivity contribution in [2.75, 3.05) is 12.0 Å². The number of rotatable bonds is 5. The van der Waals surface area contributed by atoms with Crippen LogP contribution in [0.15, 0.2) is 18.2 Å². The van der Waals surface area contributed by atoms with Crippen molar-refractivity contribution < 1.29 is 13.2 Å². The van der Waals surface area contributed by atoms with E-state index in [4.69, 9.17) is 11.6 Å². The Kier molecular flexibility index (Phi) is 4.77. The van der Waals surface area contributed by atoms with Crippen LogP contribution in [0.1, 0.15) is 25.7 Å². The summed E-state index contributed by atoms with van der Waals surface area (Å²) in [4.78, 5) is 19.5. The van der Waals surface area contributed by atoms with Crippen LogP contribution in [0.25, 0.3) is 11.0 Å². The van der Waals surface area contributed by atoms with Crippen LogP contribution in [0.5, 0.6) is 0 Å². The lowest BCUT2D eigenvalue weighted by molar-refractivity contribution is -0.124. The molecule has 0 bridgehead atoms. The van der Waals surface area contributed by atoms with Gasteiger partial charge in [0.15, 0.2) is 0 Å². The third kappa shape index (κ3) is 4.20. The molecule has 1 aromatic heterocycles. The molecule has 1 amide bonds. The lowest BCUT2D eigenvalue weighted by Gasteiger charge is -2.15. The molecule has 0 aliphatic carbocycles. The van der Waals surface area contributed by atoms with Crippen molar-refractivity contribution in [3.8, 4) is 0 Å². The Morgan fingerprint density at radius 1 is 1.41 bits per heavy atom. The molecule has 2 aromatic rings. The Hall–Kier alpha value is -1.60. The van der Waals surface area contributed by atoms with E-state index in [1.54, 1.807) is 32.0 Å². The number of amides is 1. The van der Waals surface area contributed by atoms with Crippen LogP contribution in [0.4, 0.5) is 0 Å². The van der Waals surface area contributed by atoms with Crippen molar-refractivity contribution in [2.24, 2.45) is 5.92 Å². The minimum absolute atomic E-state index is 0.179. The summed E-state index contributed by atoms with van der Waals surface area (Å²) in [5, 5.41) is 3.36. The van der Waals surface area contributed by atoms with Gasteiger partial charge in [-0.05, 0) is 25.1 Å². The maximum Gasteiger partial charge on any atom is 0.224 e. The second-order valence-corrected chi connectivity index (χ2v) is 8.13. The smallest absolute Gasteiger partial charge is 0.224 e. The molecule has 1 heterocycles. The number of H-pyrrole nitrogens is 1. The van der Waals surface area contributed by atoms with Crippen molar-refractivity contribution in [1.82, 2.24) is 15.3 Å². The fourth-order valence-electron chi connectivity index (χ4n) is 2.16. The zero-order valence-electron chi connectivity index (χ0n) is 12.6. The van der Waals surface area contributed by atoms with Gasteiger partial charge in [0.2, 0.25) is 5.91 Å². The molecule has 0 radical (unpaired) electrons. The van der Waals surface area contributed by atoms with Gasteiger partial charge in [0.05, 0.1) is 22.8 Å². The molecule has 1 aromatic carbocycles. The van der Waals surface area contributed by atoms with Gasteiger partial charge in [-0.3, -0.25) is 4.79 Å². The van der Waals surface area contributed by atoms with E-state index in [0.29, 0.717) is 10.8 Å². The zero-order valence-corrected chi connectivity index (χ0v) is 14.1. The highest BCUT2D eigenvalue weighted by molar-refractivity contribution is 7.90. The van der Waals surface area contributed by atoms with E-state index < -0.39 is 15.8 Å². The van der Waals surface area contributed by atoms with Crippen LogP contribution in [-0.4, -0.2) is 36.3 Å². The number of sulfone groups is 1. The first-order valence-electron chi connectivity index (χ1n) is 6.79. The maximum absolute atomic E-state index is 12.0. The summed E-state index contributed by atoms with van der Waals surface area (Å²) in [5.74, 6) is -0.522. The number of carbonyl (C=O) groups excluding carboxylic acids is 1. The van der Waals surface area contributed by atoms with Crippen LogP contribution >= 0.6 is 11.6 Å². The van der Waals surface area contributed by atoms with E-state index in [-0.39, 0.29) is 17.7 Å². The quantitative estimate of drug-likeness (QED) is 0.869. The summed E-state index contributed by atoms with van der Waals surface area (Å²) in [6, 6.07) is 4.93. The number of fused-ring (bicyclic) bond motifs is 1. The van der Waals surface area contributed by atoms with Gasteiger partial charge in [-0.1, -0.05) is 18.5 Å². The largest absolute Gasteiger partial charge is 0.346 e. The molecule has 0 spiro atoms. The summed E-state index contributed by atoms with van der Waals surface area (Å²) < 4.78 is 22.5. The second-order valence-electron chi connectivity index (χ2n) is 5.51. The van der Waals surface area contributed by atoms with Gasteiger partial charge in [0, 0.05) is 17.2 Å². The molecule has 2 N–H and O–H groups in total. The zero-order chi connectivity index (χ0) is 16.5. The van der Waals surface area contributed by atoms with E-state index >= 15 is 0 Å². The first-order valence-corrected chi connectivity index (χ1v) is 9.23. The number of carbonyl (C=O) groups is 1. The summed E-state index contributed by atoms with van der Waals surface area (Å²) in [6.45, 7) is 3.37. The number of aromatic amines is 1. The molecule has 2 atom stereocenters. The third-order valence-electron chi connectivity index (χ3n) is 3.23. The van der Waals surface area contributed by atoms with Crippen molar-refractivity contribution >= 4 is 38.4 Å². The molecule has 2 rings (SSSR count). The number of imidazole rings is 1. The Morgan fingerprint density at radius 3 is 2.73 bits per heavy atom. The van der Waals surface area contributed by atoms with E-state index in [0.717, 1.165) is 17.3 Å². The molecular formula is C14H18ClN3O3S. The summed E-state index contributed by atoms with van der Waals surface area (Å²) >= 11 is 5.92. The minimum atomic E-state index is -3.19. The normalized spacial score (nSPS) is 14.7. The SMILES string of the molecule is C[C@H](CS(C)(=O)=O)C(=O)N[C@H](C)c1nc2ccc(Cl)cc2[nH]1. The van der Waals surface area contributed by atoms with Gasteiger partial charge in [-0.2, -0.15) is 0 Å². The molecule has 0 saturated heterocycles. The maximum atomic E-state index is 12.0. The molecule has 6 nitrogen and oxygen atoms in total. The lowest BCUT2D eigenvalue weighted by atomic mass is 10.2. The molecule has 0 aliphatic rings. The summed E-state index contributed by atoms with van der Waals surface area (Å²) in [6.07, 6.45) is 1.11. The Bertz CT molecular complexity index is 801. The first kappa shape index (κ1) is 16.8. The van der Waals surface area contributed by atoms with E-state index in [9.17, 15) is 13.2 Å². The van der Waals surface area contributed by atoms with Gasteiger partial charge < -0.3 is 10.3 Å². The number of benzene rings is 1. The van der Waals surface area contributed by atoms with Crippen LogP contribution in [-0.2, 0) is 14.6 Å². The van der Waals surface area contributed by atoms with Crippen molar-refractivity contribution in [3.63, 3.8) is 0 Å². The first-order chi connectivity index (χ1) is 10.2. The van der Waals surface area contributed by atoms with Gasteiger partial charge in [0.1, 0.15) is 15.7 Å². The topological polar surface area (TPSA) is 91.9 Å². The standard InChI is InChI=1S/C14H18ClN3O3S/c1-8(7-22(3,20)21)14(19)16-9(2)13-17-11-5-4-10(15)6-12(11)18-13/h4-6,8-9H,7H2,1-3H3,(H,16,19)(H,17,18)/t8-,9-/m1/s1. The summed E-state index contributed by atoms with van der Waals surface area (Å²) in [7, 11) is -3.19. The lowest BCUT2D eigenvalue weighted by Crippen LogP contribution is -2.35. The van der Waals surface area contributed by atoms with E-state index in [1.807, 2.05) is 0 Å². The van der Waals surface area contributed by atoms with Gasteiger partial charge in [-0.25, -0.2) is 13.4 Å². The number of halogens is 1. The van der Waals surface area contributed by atoms with Gasteiger partial charge in [0.25, 0.3) is 0 Å². The van der Waals surface area contributed by atoms with Crippen LogP contribution < -0.4 is 5.32 Å². The fraction of sp³-hybridized carbons (Fsp3) is 0.429. The molecular weight excluding hydrogens is 326 g/mol. The van der Waals surface area contributed by atoms with Crippen LogP contribution in [0.3, 0.4) is 0 Å². The number of nitrogens with zero attached hydrogens (tertiary/aromatic N) is 1. The van der Waals surface area contributed by atoms with Crippen LogP contribution in [0, 0.1) is 5.92 Å². The minimum Gasteiger partial charge on any atom is -0.346 e. The Morgan fingerprint density at radius 2 is 2.09 bits per heavy atom. The number of hydrogen-bond acceptors (Lipinski definition) is 4. The average molecular weight is 344 g/mol. The monoisotopic (exact) mass is 343 g/mol.